The summed E-state index contributed by atoms with van der Waals surface area (Å²) in [6, 6.07) is 17.8. The molecule has 6 nitrogen and oxygen atoms in total. The third kappa shape index (κ3) is 3.94. The van der Waals surface area contributed by atoms with Crippen molar-refractivity contribution < 1.29 is 24.9 Å². The van der Waals surface area contributed by atoms with E-state index in [1.165, 1.54) is 0 Å². The van der Waals surface area contributed by atoms with Gasteiger partial charge in [0.1, 0.15) is 29.4 Å². The fraction of sp³-hybridized carbons (Fsp3) is 0.240. The topological polar surface area (TPSA) is 90.2 Å². The number of hydrogen-bond donors (Lipinski definition) is 3. The maximum Gasteiger partial charge on any atom is 0.262 e. The molecule has 31 heavy (non-hydrogen) atoms. The Morgan fingerprint density at radius 2 is 1.77 bits per heavy atom. The number of phenolic OH excluding ortho intramolecular Hbond substituents is 2. The number of aromatic hydroxyl groups is 2. The number of rotatable bonds is 5. The predicted molar refractivity (Wildman–Crippen MR) is 116 cm³/mol. The number of fused-ring (bicyclic) bond motifs is 1. The van der Waals surface area contributed by atoms with Crippen molar-refractivity contribution in [2.75, 3.05) is 13.2 Å². The van der Waals surface area contributed by atoms with E-state index in [0.717, 1.165) is 22.8 Å². The van der Waals surface area contributed by atoms with Crippen LogP contribution >= 0.6 is 0 Å². The molecule has 3 aromatic rings. The number of phenols is 2. The number of aliphatic hydroxyl groups is 1. The van der Waals surface area contributed by atoms with Gasteiger partial charge in [-0.05, 0) is 30.0 Å². The van der Waals surface area contributed by atoms with Crippen molar-refractivity contribution in [3.63, 3.8) is 0 Å². The fourth-order valence-electron chi connectivity index (χ4n) is 4.08. The molecule has 1 unspecified atom stereocenters. The highest BCUT2D eigenvalue weighted by Gasteiger charge is 2.34. The van der Waals surface area contributed by atoms with Gasteiger partial charge >= 0.3 is 0 Å². The van der Waals surface area contributed by atoms with Crippen molar-refractivity contribution >= 4 is 5.91 Å². The molecule has 3 aromatic carbocycles. The zero-order valence-corrected chi connectivity index (χ0v) is 17.3. The van der Waals surface area contributed by atoms with Crippen LogP contribution < -0.4 is 4.74 Å². The van der Waals surface area contributed by atoms with Gasteiger partial charge in [-0.2, -0.15) is 0 Å². The summed E-state index contributed by atoms with van der Waals surface area (Å²) >= 11 is 0. The lowest BCUT2D eigenvalue weighted by atomic mass is 9.92. The molecular weight excluding hydrogens is 394 g/mol. The van der Waals surface area contributed by atoms with E-state index in [2.05, 4.69) is 0 Å². The van der Waals surface area contributed by atoms with E-state index in [1.54, 1.807) is 11.8 Å². The molecule has 1 aliphatic heterocycles. The first kappa shape index (κ1) is 20.8. The second-order valence-corrected chi connectivity index (χ2v) is 7.66. The molecule has 6 heteroatoms. The van der Waals surface area contributed by atoms with Crippen LogP contribution in [0.3, 0.4) is 0 Å². The van der Waals surface area contributed by atoms with Gasteiger partial charge in [-0.25, -0.2) is 0 Å². The summed E-state index contributed by atoms with van der Waals surface area (Å²) in [7, 11) is 0. The lowest BCUT2D eigenvalue weighted by molar-refractivity contribution is 0.0560. The van der Waals surface area contributed by atoms with E-state index in [1.807, 2.05) is 54.6 Å². The third-order valence-electron chi connectivity index (χ3n) is 5.77. The van der Waals surface area contributed by atoms with Gasteiger partial charge in [-0.3, -0.25) is 4.79 Å². The zero-order chi connectivity index (χ0) is 22.0. The Morgan fingerprint density at radius 1 is 1.06 bits per heavy atom. The van der Waals surface area contributed by atoms with Crippen LogP contribution in [0.2, 0.25) is 0 Å². The minimum atomic E-state index is -0.520. The van der Waals surface area contributed by atoms with Gasteiger partial charge in [0.25, 0.3) is 5.91 Å². The van der Waals surface area contributed by atoms with Crippen LogP contribution in [0.5, 0.6) is 17.2 Å². The molecule has 0 saturated carbocycles. The van der Waals surface area contributed by atoms with Gasteiger partial charge in [0.2, 0.25) is 0 Å². The number of ether oxygens (including phenoxy) is 1. The normalized spacial score (nSPS) is 15.4. The molecule has 0 aliphatic carbocycles. The molecule has 1 aliphatic rings. The van der Waals surface area contributed by atoms with Crippen molar-refractivity contribution in [2.24, 2.45) is 0 Å². The molecule has 0 aromatic heterocycles. The minimum absolute atomic E-state index is 0.0101. The molecule has 0 fully saturated rings. The molecule has 3 N–H and O–H groups in total. The standard InChI is InChI=1S/C25H25NO5/c1-16-21(28)13-22(29)23(24(16)31-15-17-7-3-2-4-8-17)25(30)26-12-11-18-9-5-6-10-19(18)20(26)14-27/h2-10,13,20,27-29H,11-12,14-15H2,1H3. The maximum absolute atomic E-state index is 13.6. The first-order chi connectivity index (χ1) is 15.0. The molecule has 0 spiro atoms. The van der Waals surface area contributed by atoms with Crippen LogP contribution in [0.4, 0.5) is 0 Å². The second-order valence-electron chi connectivity index (χ2n) is 7.66. The first-order valence-corrected chi connectivity index (χ1v) is 10.2. The molecular formula is C25H25NO5. The van der Waals surface area contributed by atoms with Gasteiger partial charge in [-0.1, -0.05) is 54.6 Å². The highest BCUT2D eigenvalue weighted by atomic mass is 16.5. The van der Waals surface area contributed by atoms with Gasteiger partial charge in [0.15, 0.2) is 0 Å². The second kappa shape index (κ2) is 8.70. The number of aliphatic hydroxyl groups excluding tert-OH is 1. The van der Waals surface area contributed by atoms with E-state index >= 15 is 0 Å². The molecule has 1 atom stereocenters. The Bertz CT molecular complexity index is 1100. The van der Waals surface area contributed by atoms with E-state index in [4.69, 9.17) is 4.74 Å². The van der Waals surface area contributed by atoms with E-state index in [0.29, 0.717) is 18.5 Å². The van der Waals surface area contributed by atoms with Gasteiger partial charge in [0, 0.05) is 18.2 Å². The van der Waals surface area contributed by atoms with Crippen molar-refractivity contribution in [3.05, 3.63) is 88.5 Å². The minimum Gasteiger partial charge on any atom is -0.507 e. The number of carbonyl (C=O) groups excluding carboxylic acids is 1. The van der Waals surface area contributed by atoms with E-state index in [-0.39, 0.29) is 36.0 Å². The van der Waals surface area contributed by atoms with Crippen LogP contribution in [-0.4, -0.2) is 39.3 Å². The molecule has 0 saturated heterocycles. The Morgan fingerprint density at radius 3 is 2.52 bits per heavy atom. The summed E-state index contributed by atoms with van der Waals surface area (Å²) in [5.41, 5.74) is 3.24. The zero-order valence-electron chi connectivity index (χ0n) is 17.3. The summed E-state index contributed by atoms with van der Waals surface area (Å²) < 4.78 is 5.94. The molecule has 1 amide bonds. The highest BCUT2D eigenvalue weighted by molar-refractivity contribution is 6.01. The van der Waals surface area contributed by atoms with Crippen LogP contribution in [0.25, 0.3) is 0 Å². The lowest BCUT2D eigenvalue weighted by Crippen LogP contribution is -2.41. The molecule has 160 valence electrons. The SMILES string of the molecule is Cc1c(O)cc(O)c(C(=O)N2CCc3ccccc3C2CO)c1OCc1ccccc1. The number of hydrogen-bond acceptors (Lipinski definition) is 5. The Labute approximate surface area is 181 Å². The van der Waals surface area contributed by atoms with Gasteiger partial charge < -0.3 is 25.0 Å². The van der Waals surface area contributed by atoms with Crippen LogP contribution in [-0.2, 0) is 13.0 Å². The number of carbonyl (C=O) groups is 1. The lowest BCUT2D eigenvalue weighted by Gasteiger charge is -2.37. The molecule has 0 radical (unpaired) electrons. The van der Waals surface area contributed by atoms with E-state index < -0.39 is 11.9 Å². The molecule has 1 heterocycles. The summed E-state index contributed by atoms with van der Waals surface area (Å²) in [4.78, 5) is 15.1. The Hall–Kier alpha value is -3.51. The summed E-state index contributed by atoms with van der Waals surface area (Å²) in [5.74, 6) is -0.814. The van der Waals surface area contributed by atoms with Crippen molar-refractivity contribution in [3.8, 4) is 17.2 Å². The first-order valence-electron chi connectivity index (χ1n) is 10.2. The van der Waals surface area contributed by atoms with Crippen LogP contribution in [0.1, 0.15) is 38.7 Å². The average Bonchev–Trinajstić information content (AvgIpc) is 2.79. The fourth-order valence-corrected chi connectivity index (χ4v) is 4.08. The third-order valence-corrected chi connectivity index (χ3v) is 5.77. The largest absolute Gasteiger partial charge is 0.507 e. The Balaban J connectivity index is 1.71. The summed E-state index contributed by atoms with van der Waals surface area (Å²) in [6.07, 6.45) is 0.649. The summed E-state index contributed by atoms with van der Waals surface area (Å²) in [6.45, 7) is 1.98. The average molecular weight is 419 g/mol. The highest BCUT2D eigenvalue weighted by Crippen LogP contribution is 2.41. The van der Waals surface area contributed by atoms with Gasteiger partial charge in [-0.15, -0.1) is 0 Å². The predicted octanol–water partition coefficient (Wildman–Crippen LogP) is 3.72. The van der Waals surface area contributed by atoms with Crippen LogP contribution in [0.15, 0.2) is 60.7 Å². The molecule has 4 rings (SSSR count). The number of benzene rings is 3. The summed E-state index contributed by atoms with van der Waals surface area (Å²) in [5, 5.41) is 30.9. The number of nitrogens with zero attached hydrogens (tertiary/aromatic N) is 1. The van der Waals surface area contributed by atoms with Crippen molar-refractivity contribution in [2.45, 2.75) is 26.0 Å². The van der Waals surface area contributed by atoms with Gasteiger partial charge in [0.05, 0.1) is 12.6 Å². The maximum atomic E-state index is 13.6. The Kier molecular flexibility index (Phi) is 5.82. The van der Waals surface area contributed by atoms with E-state index in [9.17, 15) is 20.1 Å². The van der Waals surface area contributed by atoms with Crippen molar-refractivity contribution in [1.82, 2.24) is 4.90 Å². The molecule has 0 bridgehead atoms. The number of amides is 1. The monoisotopic (exact) mass is 419 g/mol. The smallest absolute Gasteiger partial charge is 0.262 e. The quantitative estimate of drug-likeness (QED) is 0.587. The van der Waals surface area contributed by atoms with Crippen molar-refractivity contribution in [1.29, 1.82) is 0 Å². The van der Waals surface area contributed by atoms with Crippen LogP contribution in [0, 0.1) is 6.92 Å².